The summed E-state index contributed by atoms with van der Waals surface area (Å²) in [6, 6.07) is 0. The second-order valence-electron chi connectivity index (χ2n) is 2.90. The molecule has 0 bridgehead atoms. The zero-order valence-corrected chi connectivity index (χ0v) is 7.02. The summed E-state index contributed by atoms with van der Waals surface area (Å²) < 4.78 is 2.27. The van der Waals surface area contributed by atoms with Gasteiger partial charge in [-0.1, -0.05) is 0 Å². The number of rotatable bonds is 1. The smallest absolute Gasteiger partial charge is 0.106 e. The van der Waals surface area contributed by atoms with Crippen LogP contribution in [0.2, 0.25) is 0 Å². The Morgan fingerprint density at radius 2 is 2.36 bits per heavy atom. The maximum absolute atomic E-state index is 4.46. The Morgan fingerprint density at radius 3 is 3.09 bits per heavy atom. The normalized spacial score (nSPS) is 15.5. The second kappa shape index (κ2) is 2.34. The van der Waals surface area contributed by atoms with Gasteiger partial charge in [-0.15, -0.1) is 0 Å². The van der Waals surface area contributed by atoms with Gasteiger partial charge in [0.25, 0.3) is 0 Å². The number of hydrogen-bond acceptors (Lipinski definition) is 2. The lowest BCUT2D eigenvalue weighted by atomic mass is 10.4. The minimum Gasteiger partial charge on any atom is -0.331 e. The zero-order valence-electron chi connectivity index (χ0n) is 7.02. The van der Waals surface area contributed by atoms with Gasteiger partial charge in [0.2, 0.25) is 0 Å². The average molecular weight is 151 g/mol. The molecule has 0 spiro atoms. The van der Waals surface area contributed by atoms with E-state index in [0.29, 0.717) is 0 Å². The van der Waals surface area contributed by atoms with Gasteiger partial charge in [0.1, 0.15) is 5.82 Å². The molecule has 60 valence electrons. The quantitative estimate of drug-likeness (QED) is 0.644. The minimum atomic E-state index is 0.948. The Bertz CT molecular complexity index is 275. The Balaban J connectivity index is 2.52. The predicted molar refractivity (Wildman–Crippen MR) is 43.2 cm³/mol. The van der Waals surface area contributed by atoms with Gasteiger partial charge < -0.3 is 9.88 Å². The van der Waals surface area contributed by atoms with Gasteiger partial charge in [-0.05, 0) is 13.8 Å². The molecule has 0 saturated carbocycles. The van der Waals surface area contributed by atoms with Crippen LogP contribution in [0.4, 0.5) is 0 Å². The van der Waals surface area contributed by atoms with Crippen molar-refractivity contribution < 1.29 is 0 Å². The van der Waals surface area contributed by atoms with E-state index in [1.807, 2.05) is 0 Å². The molecule has 0 radical (unpaired) electrons. The van der Waals surface area contributed by atoms with E-state index < -0.39 is 0 Å². The highest BCUT2D eigenvalue weighted by atomic mass is 15.1. The van der Waals surface area contributed by atoms with Gasteiger partial charge in [0.15, 0.2) is 0 Å². The standard InChI is InChI=1S/C8H13N3/c1-3-11-6(2)10-7-4-9-5-8(7)11/h9H,3-5H2,1-2H3. The molecule has 0 aliphatic carbocycles. The van der Waals surface area contributed by atoms with E-state index in [1.165, 1.54) is 11.4 Å². The van der Waals surface area contributed by atoms with Crippen molar-refractivity contribution in [2.45, 2.75) is 33.5 Å². The highest BCUT2D eigenvalue weighted by Crippen LogP contribution is 2.15. The average Bonchev–Trinajstić information content (AvgIpc) is 2.46. The van der Waals surface area contributed by atoms with Gasteiger partial charge >= 0.3 is 0 Å². The number of aryl methyl sites for hydroxylation is 1. The van der Waals surface area contributed by atoms with Crippen molar-refractivity contribution in [2.75, 3.05) is 0 Å². The first-order valence-electron chi connectivity index (χ1n) is 4.08. The molecule has 1 aromatic heterocycles. The lowest BCUT2D eigenvalue weighted by Crippen LogP contribution is -2.08. The molecule has 2 heterocycles. The Kier molecular flexibility index (Phi) is 1.46. The van der Waals surface area contributed by atoms with Gasteiger partial charge in [0.05, 0.1) is 11.4 Å². The molecule has 0 amide bonds. The van der Waals surface area contributed by atoms with Crippen molar-refractivity contribution in [1.29, 1.82) is 0 Å². The minimum absolute atomic E-state index is 0.948. The van der Waals surface area contributed by atoms with Gasteiger partial charge in [-0.3, -0.25) is 0 Å². The first-order valence-corrected chi connectivity index (χ1v) is 4.08. The summed E-state index contributed by atoms with van der Waals surface area (Å²) in [7, 11) is 0. The van der Waals surface area contributed by atoms with Crippen LogP contribution in [-0.4, -0.2) is 9.55 Å². The number of imidazole rings is 1. The Hall–Kier alpha value is -0.830. The second-order valence-corrected chi connectivity index (χ2v) is 2.90. The highest BCUT2D eigenvalue weighted by molar-refractivity contribution is 5.20. The van der Waals surface area contributed by atoms with Crippen LogP contribution in [0, 0.1) is 6.92 Å². The molecule has 1 aliphatic rings. The van der Waals surface area contributed by atoms with E-state index in [1.54, 1.807) is 0 Å². The summed E-state index contributed by atoms with van der Waals surface area (Å²) in [5.74, 6) is 1.15. The topological polar surface area (TPSA) is 29.9 Å². The third-order valence-corrected chi connectivity index (χ3v) is 2.25. The predicted octanol–water partition coefficient (Wildman–Crippen LogP) is 0.815. The number of nitrogens with zero attached hydrogens (tertiary/aromatic N) is 2. The molecule has 0 atom stereocenters. The van der Waals surface area contributed by atoms with E-state index in [2.05, 4.69) is 28.7 Å². The third kappa shape index (κ3) is 0.878. The number of aromatic nitrogens is 2. The van der Waals surface area contributed by atoms with Gasteiger partial charge in [-0.2, -0.15) is 0 Å². The number of hydrogen-bond donors (Lipinski definition) is 1. The Labute approximate surface area is 66.4 Å². The molecule has 11 heavy (non-hydrogen) atoms. The van der Waals surface area contributed by atoms with E-state index in [-0.39, 0.29) is 0 Å². The molecular formula is C8H13N3. The van der Waals surface area contributed by atoms with Gasteiger partial charge in [-0.25, -0.2) is 4.98 Å². The molecule has 0 fully saturated rings. The zero-order chi connectivity index (χ0) is 7.84. The van der Waals surface area contributed by atoms with Crippen molar-refractivity contribution in [3.05, 3.63) is 17.2 Å². The molecule has 1 aromatic rings. The van der Waals surface area contributed by atoms with E-state index >= 15 is 0 Å². The largest absolute Gasteiger partial charge is 0.331 e. The molecule has 2 rings (SSSR count). The van der Waals surface area contributed by atoms with E-state index in [0.717, 1.165) is 25.5 Å². The Morgan fingerprint density at radius 1 is 1.55 bits per heavy atom. The molecule has 3 nitrogen and oxygen atoms in total. The van der Waals surface area contributed by atoms with E-state index in [9.17, 15) is 0 Å². The summed E-state index contributed by atoms with van der Waals surface area (Å²) in [6.07, 6.45) is 0. The van der Waals surface area contributed by atoms with Crippen LogP contribution in [-0.2, 0) is 19.6 Å². The highest BCUT2D eigenvalue weighted by Gasteiger charge is 2.17. The molecule has 0 aromatic carbocycles. The van der Waals surface area contributed by atoms with E-state index in [4.69, 9.17) is 0 Å². The van der Waals surface area contributed by atoms with Crippen molar-refractivity contribution in [2.24, 2.45) is 0 Å². The lowest BCUT2D eigenvalue weighted by molar-refractivity contribution is 0.653. The maximum atomic E-state index is 4.46. The third-order valence-electron chi connectivity index (χ3n) is 2.25. The van der Waals surface area contributed by atoms with Crippen LogP contribution in [0.3, 0.4) is 0 Å². The van der Waals surface area contributed by atoms with Crippen molar-refractivity contribution in [3.63, 3.8) is 0 Å². The van der Waals surface area contributed by atoms with Crippen LogP contribution in [0.15, 0.2) is 0 Å². The number of nitrogens with one attached hydrogen (secondary N) is 1. The van der Waals surface area contributed by atoms with Crippen LogP contribution in [0.5, 0.6) is 0 Å². The first kappa shape index (κ1) is 6.85. The summed E-state index contributed by atoms with van der Waals surface area (Å²) in [4.78, 5) is 4.46. The fraction of sp³-hybridized carbons (Fsp3) is 0.625. The summed E-state index contributed by atoms with van der Waals surface area (Å²) >= 11 is 0. The molecule has 1 N–H and O–H groups in total. The first-order chi connectivity index (χ1) is 5.33. The van der Waals surface area contributed by atoms with Gasteiger partial charge in [0, 0.05) is 19.6 Å². The lowest BCUT2D eigenvalue weighted by Gasteiger charge is -2.03. The van der Waals surface area contributed by atoms with Crippen molar-refractivity contribution in [3.8, 4) is 0 Å². The molecule has 3 heteroatoms. The molecule has 0 saturated heterocycles. The molecular weight excluding hydrogens is 138 g/mol. The molecule has 1 aliphatic heterocycles. The number of fused-ring (bicyclic) bond motifs is 1. The fourth-order valence-corrected chi connectivity index (χ4v) is 1.73. The molecule has 0 unspecified atom stereocenters. The van der Waals surface area contributed by atoms with Crippen LogP contribution in [0.1, 0.15) is 24.1 Å². The van der Waals surface area contributed by atoms with Crippen LogP contribution in [0.25, 0.3) is 0 Å². The maximum Gasteiger partial charge on any atom is 0.106 e. The monoisotopic (exact) mass is 151 g/mol. The van der Waals surface area contributed by atoms with Crippen molar-refractivity contribution in [1.82, 2.24) is 14.9 Å². The fourth-order valence-electron chi connectivity index (χ4n) is 1.73. The summed E-state index contributed by atoms with van der Waals surface area (Å²) in [6.45, 7) is 7.21. The SMILES string of the molecule is CCn1c(C)nc2c1CNC2. The van der Waals surface area contributed by atoms with Crippen molar-refractivity contribution >= 4 is 0 Å². The summed E-state index contributed by atoms with van der Waals surface area (Å²) in [5, 5.41) is 3.29. The van der Waals surface area contributed by atoms with Crippen LogP contribution >= 0.6 is 0 Å². The summed E-state index contributed by atoms with van der Waals surface area (Å²) in [5.41, 5.74) is 2.62. The van der Waals surface area contributed by atoms with Crippen LogP contribution < -0.4 is 5.32 Å².